The lowest BCUT2D eigenvalue weighted by Crippen LogP contribution is -2.42. The van der Waals surface area contributed by atoms with Crippen LogP contribution in [0.3, 0.4) is 0 Å². The minimum absolute atomic E-state index is 0.250. The Morgan fingerprint density at radius 2 is 1.83 bits per heavy atom. The van der Waals surface area contributed by atoms with Crippen LogP contribution >= 0.6 is 23.2 Å². The Morgan fingerprint density at radius 1 is 1.17 bits per heavy atom. The summed E-state index contributed by atoms with van der Waals surface area (Å²) < 4.78 is 5.67. The molecule has 0 aliphatic heterocycles. The van der Waals surface area contributed by atoms with Crippen molar-refractivity contribution < 1.29 is 9.53 Å². The number of carbonyl (C=O) groups is 1. The van der Waals surface area contributed by atoms with Crippen molar-refractivity contribution in [1.29, 1.82) is 0 Å². The van der Waals surface area contributed by atoms with Gasteiger partial charge in [-0.15, -0.1) is 6.42 Å². The molecule has 0 unspecified atom stereocenters. The van der Waals surface area contributed by atoms with Crippen molar-refractivity contribution >= 4 is 29.1 Å². The van der Waals surface area contributed by atoms with Crippen LogP contribution in [-0.4, -0.2) is 11.4 Å². The first-order valence-corrected chi connectivity index (χ1v) is 7.59. The molecule has 0 heterocycles. The van der Waals surface area contributed by atoms with E-state index < -0.39 is 5.54 Å². The molecular formula is C18H15Cl2NO2. The number of rotatable bonds is 4. The average Bonchev–Trinajstić information content (AvgIpc) is 2.51. The zero-order valence-electron chi connectivity index (χ0n) is 12.7. The van der Waals surface area contributed by atoms with Crippen molar-refractivity contribution in [3.05, 3.63) is 58.1 Å². The van der Waals surface area contributed by atoms with Crippen LogP contribution in [0.2, 0.25) is 10.0 Å². The third-order valence-corrected chi connectivity index (χ3v) is 3.57. The van der Waals surface area contributed by atoms with Crippen molar-refractivity contribution in [2.75, 3.05) is 0 Å². The van der Waals surface area contributed by atoms with E-state index in [1.807, 2.05) is 0 Å². The van der Waals surface area contributed by atoms with Crippen LogP contribution in [0, 0.1) is 12.3 Å². The van der Waals surface area contributed by atoms with E-state index in [2.05, 4.69) is 11.2 Å². The van der Waals surface area contributed by atoms with E-state index in [0.29, 0.717) is 27.1 Å². The summed E-state index contributed by atoms with van der Waals surface area (Å²) in [6.45, 7) is 3.51. The van der Waals surface area contributed by atoms with Crippen LogP contribution in [-0.2, 0) is 0 Å². The maximum atomic E-state index is 12.1. The summed E-state index contributed by atoms with van der Waals surface area (Å²) in [5, 5.41) is 3.73. The van der Waals surface area contributed by atoms with E-state index in [1.165, 1.54) is 0 Å². The SMILES string of the molecule is C#CC(C)(C)NC(=O)c1ccc(Oc2cc(Cl)ccc2Cl)cc1. The van der Waals surface area contributed by atoms with Gasteiger partial charge in [-0.2, -0.15) is 0 Å². The Bertz CT molecular complexity index is 762. The third-order valence-electron chi connectivity index (χ3n) is 3.02. The Hall–Kier alpha value is -2.15. The van der Waals surface area contributed by atoms with E-state index in [9.17, 15) is 4.79 Å². The molecule has 0 aromatic heterocycles. The summed E-state index contributed by atoms with van der Waals surface area (Å²) in [7, 11) is 0. The van der Waals surface area contributed by atoms with E-state index >= 15 is 0 Å². The lowest BCUT2D eigenvalue weighted by molar-refractivity contribution is 0.0930. The molecule has 0 aliphatic carbocycles. The van der Waals surface area contributed by atoms with Crippen LogP contribution in [0.1, 0.15) is 24.2 Å². The number of hydrogen-bond acceptors (Lipinski definition) is 2. The van der Waals surface area contributed by atoms with Crippen LogP contribution in [0.15, 0.2) is 42.5 Å². The number of nitrogens with one attached hydrogen (secondary N) is 1. The quantitative estimate of drug-likeness (QED) is 0.796. The Morgan fingerprint density at radius 3 is 2.43 bits per heavy atom. The number of carbonyl (C=O) groups excluding carboxylic acids is 1. The Labute approximate surface area is 145 Å². The Kier molecular flexibility index (Phi) is 5.20. The van der Waals surface area contributed by atoms with Gasteiger partial charge in [-0.25, -0.2) is 0 Å². The average molecular weight is 348 g/mol. The summed E-state index contributed by atoms with van der Waals surface area (Å²) in [5.74, 6) is 3.26. The largest absolute Gasteiger partial charge is 0.456 e. The first-order chi connectivity index (χ1) is 10.8. The summed E-state index contributed by atoms with van der Waals surface area (Å²) in [6, 6.07) is 11.6. The molecule has 0 saturated heterocycles. The van der Waals surface area contributed by atoms with Gasteiger partial charge in [-0.3, -0.25) is 4.79 Å². The van der Waals surface area contributed by atoms with Crippen LogP contribution in [0.4, 0.5) is 0 Å². The first kappa shape index (κ1) is 17.2. The van der Waals surface area contributed by atoms with E-state index in [1.54, 1.807) is 56.3 Å². The second-order valence-corrected chi connectivity index (χ2v) is 6.27. The summed E-state index contributed by atoms with van der Waals surface area (Å²) in [4.78, 5) is 12.1. The topological polar surface area (TPSA) is 38.3 Å². The molecule has 3 nitrogen and oxygen atoms in total. The van der Waals surface area contributed by atoms with Gasteiger partial charge in [0.25, 0.3) is 5.91 Å². The summed E-state index contributed by atoms with van der Waals surface area (Å²) in [6.07, 6.45) is 5.36. The van der Waals surface area contributed by atoms with Crippen LogP contribution in [0.25, 0.3) is 0 Å². The highest BCUT2D eigenvalue weighted by Gasteiger charge is 2.18. The minimum Gasteiger partial charge on any atom is -0.456 e. The number of terminal acetylenes is 1. The van der Waals surface area contributed by atoms with Gasteiger partial charge in [0, 0.05) is 16.7 Å². The van der Waals surface area contributed by atoms with Crippen molar-refractivity contribution in [1.82, 2.24) is 5.32 Å². The van der Waals surface area contributed by atoms with Crippen molar-refractivity contribution in [3.63, 3.8) is 0 Å². The highest BCUT2D eigenvalue weighted by molar-refractivity contribution is 6.34. The smallest absolute Gasteiger partial charge is 0.252 e. The van der Waals surface area contributed by atoms with Crippen LogP contribution in [0.5, 0.6) is 11.5 Å². The molecule has 0 atom stereocenters. The second-order valence-electron chi connectivity index (χ2n) is 5.42. The highest BCUT2D eigenvalue weighted by atomic mass is 35.5. The lowest BCUT2D eigenvalue weighted by Gasteiger charge is -2.19. The van der Waals surface area contributed by atoms with E-state index in [4.69, 9.17) is 34.4 Å². The van der Waals surface area contributed by atoms with E-state index in [0.717, 1.165) is 0 Å². The minimum atomic E-state index is -0.708. The lowest BCUT2D eigenvalue weighted by atomic mass is 10.1. The molecule has 1 amide bonds. The van der Waals surface area contributed by atoms with E-state index in [-0.39, 0.29) is 5.91 Å². The zero-order chi connectivity index (χ0) is 17.0. The van der Waals surface area contributed by atoms with Gasteiger partial charge < -0.3 is 10.1 Å². The number of halogens is 2. The summed E-state index contributed by atoms with van der Waals surface area (Å²) in [5.41, 5.74) is -0.224. The fourth-order valence-electron chi connectivity index (χ4n) is 1.75. The molecule has 0 fully saturated rings. The number of ether oxygens (including phenoxy) is 1. The van der Waals surface area contributed by atoms with Crippen LogP contribution < -0.4 is 10.1 Å². The predicted molar refractivity (Wildman–Crippen MR) is 93.4 cm³/mol. The number of benzene rings is 2. The third kappa shape index (κ3) is 4.66. The summed E-state index contributed by atoms with van der Waals surface area (Å²) >= 11 is 12.0. The molecule has 2 aromatic rings. The molecule has 0 spiro atoms. The molecule has 0 saturated carbocycles. The molecule has 118 valence electrons. The molecular weight excluding hydrogens is 333 g/mol. The monoisotopic (exact) mass is 347 g/mol. The van der Waals surface area contributed by atoms with Gasteiger partial charge in [-0.05, 0) is 50.2 Å². The molecule has 2 rings (SSSR count). The molecule has 5 heteroatoms. The van der Waals surface area contributed by atoms with Gasteiger partial charge in [-0.1, -0.05) is 29.1 Å². The fourth-order valence-corrected chi connectivity index (χ4v) is 2.07. The van der Waals surface area contributed by atoms with Gasteiger partial charge >= 0.3 is 0 Å². The maximum absolute atomic E-state index is 12.1. The fraction of sp³-hybridized carbons (Fsp3) is 0.167. The predicted octanol–water partition coefficient (Wildman–Crippen LogP) is 4.93. The molecule has 23 heavy (non-hydrogen) atoms. The maximum Gasteiger partial charge on any atom is 0.252 e. The molecule has 0 radical (unpaired) electrons. The zero-order valence-corrected chi connectivity index (χ0v) is 14.2. The van der Waals surface area contributed by atoms with Gasteiger partial charge in [0.05, 0.1) is 10.6 Å². The van der Waals surface area contributed by atoms with Gasteiger partial charge in [0.2, 0.25) is 0 Å². The van der Waals surface area contributed by atoms with Crippen molar-refractivity contribution in [2.45, 2.75) is 19.4 Å². The van der Waals surface area contributed by atoms with Gasteiger partial charge in [0.15, 0.2) is 0 Å². The van der Waals surface area contributed by atoms with Crippen molar-refractivity contribution in [2.24, 2.45) is 0 Å². The second kappa shape index (κ2) is 6.95. The first-order valence-electron chi connectivity index (χ1n) is 6.84. The molecule has 0 bridgehead atoms. The molecule has 1 N–H and O–H groups in total. The van der Waals surface area contributed by atoms with Crippen molar-refractivity contribution in [3.8, 4) is 23.8 Å². The number of amides is 1. The molecule has 0 aliphatic rings. The van der Waals surface area contributed by atoms with Gasteiger partial charge in [0.1, 0.15) is 11.5 Å². The highest BCUT2D eigenvalue weighted by Crippen LogP contribution is 2.31. The molecule has 2 aromatic carbocycles. The Balaban J connectivity index is 2.12. The normalized spacial score (nSPS) is 10.7. The number of hydrogen-bond donors (Lipinski definition) is 1. The standard InChI is InChI=1S/C18H15Cl2NO2/c1-4-18(2,3)21-17(22)12-5-8-14(9-6-12)23-16-11-13(19)7-10-15(16)20/h1,5-11H,2-3H3,(H,21,22).